The van der Waals surface area contributed by atoms with Crippen LogP contribution in [0.3, 0.4) is 0 Å². The second kappa shape index (κ2) is 6.50. The van der Waals surface area contributed by atoms with Gasteiger partial charge >= 0.3 is 0 Å². The fourth-order valence-electron chi connectivity index (χ4n) is 5.18. The number of carbonyl (C=O) groups is 1. The molecule has 0 radical (unpaired) electrons. The molecule has 2 bridgehead atoms. The van der Waals surface area contributed by atoms with E-state index in [1.54, 1.807) is 0 Å². The number of nitrogens with zero attached hydrogens (tertiary/aromatic N) is 2. The number of aromatic nitrogens is 1. The van der Waals surface area contributed by atoms with Gasteiger partial charge in [-0.3, -0.25) is 14.7 Å². The number of primary amides is 1. The van der Waals surface area contributed by atoms with E-state index in [0.29, 0.717) is 17.7 Å². The molecule has 2 aromatic heterocycles. The summed E-state index contributed by atoms with van der Waals surface area (Å²) in [6, 6.07) is 12.4. The normalized spacial score (nSPS) is 27.1. The van der Waals surface area contributed by atoms with Crippen LogP contribution in [0.2, 0.25) is 0 Å². The number of hydrogen-bond acceptors (Lipinski definition) is 4. The van der Waals surface area contributed by atoms with Crippen LogP contribution < -0.4 is 5.73 Å². The smallest absolute Gasteiger partial charge is 0.284 e. The lowest BCUT2D eigenvalue weighted by molar-refractivity contribution is 0.0255. The van der Waals surface area contributed by atoms with Crippen molar-refractivity contribution in [3.05, 3.63) is 65.7 Å². The molecule has 2 atom stereocenters. The third-order valence-corrected chi connectivity index (χ3v) is 6.32. The highest BCUT2D eigenvalue weighted by Crippen LogP contribution is 2.48. The van der Waals surface area contributed by atoms with Crippen LogP contribution in [-0.4, -0.2) is 34.9 Å². The van der Waals surface area contributed by atoms with Gasteiger partial charge in [-0.05, 0) is 56.0 Å². The van der Waals surface area contributed by atoms with Crippen LogP contribution in [0.5, 0.6) is 0 Å². The number of para-hydroxylation sites is 1. The summed E-state index contributed by atoms with van der Waals surface area (Å²) < 4.78 is 5.91. The molecule has 5 heteroatoms. The molecule has 0 aliphatic carbocycles. The number of nitrogens with two attached hydrogens (primary N) is 1. The number of carbonyl (C=O) groups excluding carboxylic acids is 1. The maximum Gasteiger partial charge on any atom is 0.284 e. The third kappa shape index (κ3) is 2.73. The number of pyridine rings is 1. The molecule has 1 aromatic carbocycles. The minimum atomic E-state index is -0.474. The molecule has 0 spiro atoms. The van der Waals surface area contributed by atoms with Crippen LogP contribution >= 0.6 is 0 Å². The van der Waals surface area contributed by atoms with Crippen molar-refractivity contribution in [2.24, 2.45) is 11.7 Å². The monoisotopic (exact) mass is 361 g/mol. The molecule has 138 valence electrons. The molecule has 3 saturated heterocycles. The second-order valence-electron chi connectivity index (χ2n) is 7.74. The van der Waals surface area contributed by atoms with Gasteiger partial charge in [0.1, 0.15) is 5.58 Å². The Bertz CT molecular complexity index is 974. The van der Waals surface area contributed by atoms with Crippen molar-refractivity contribution in [2.75, 3.05) is 13.1 Å². The molecule has 3 aliphatic rings. The molecular formula is C22H23N3O2. The van der Waals surface area contributed by atoms with E-state index >= 15 is 0 Å². The molecule has 5 heterocycles. The summed E-state index contributed by atoms with van der Waals surface area (Å²) in [5.41, 5.74) is 8.72. The van der Waals surface area contributed by atoms with Crippen molar-refractivity contribution in [2.45, 2.75) is 31.2 Å². The quantitative estimate of drug-likeness (QED) is 0.773. The Morgan fingerprint density at radius 3 is 2.74 bits per heavy atom. The van der Waals surface area contributed by atoms with Crippen molar-refractivity contribution in [1.82, 2.24) is 9.88 Å². The Hall–Kier alpha value is -2.66. The molecular weight excluding hydrogens is 338 g/mol. The number of hydrogen-bond donors (Lipinski definition) is 1. The third-order valence-electron chi connectivity index (χ3n) is 6.32. The van der Waals surface area contributed by atoms with E-state index in [9.17, 15) is 4.79 Å². The van der Waals surface area contributed by atoms with Gasteiger partial charge in [0, 0.05) is 35.3 Å². The molecule has 0 saturated carbocycles. The van der Waals surface area contributed by atoms with Crippen molar-refractivity contribution < 1.29 is 9.21 Å². The maximum atomic E-state index is 12.2. The summed E-state index contributed by atoms with van der Waals surface area (Å²) in [5, 5.41) is 1.03. The number of rotatable bonds is 4. The van der Waals surface area contributed by atoms with E-state index in [2.05, 4.69) is 22.0 Å². The first kappa shape index (κ1) is 16.5. The number of amides is 1. The van der Waals surface area contributed by atoms with Crippen LogP contribution in [0.1, 0.15) is 40.4 Å². The fourth-order valence-corrected chi connectivity index (χ4v) is 5.18. The zero-order valence-corrected chi connectivity index (χ0v) is 15.2. The molecule has 3 aromatic rings. The largest absolute Gasteiger partial charge is 0.451 e. The predicted molar refractivity (Wildman–Crippen MR) is 103 cm³/mol. The van der Waals surface area contributed by atoms with Crippen molar-refractivity contribution in [1.29, 1.82) is 0 Å². The van der Waals surface area contributed by atoms with E-state index in [1.165, 1.54) is 5.56 Å². The Kier molecular flexibility index (Phi) is 3.97. The Morgan fingerprint density at radius 1 is 1.19 bits per heavy atom. The van der Waals surface area contributed by atoms with Crippen LogP contribution in [0.15, 0.2) is 53.2 Å². The second-order valence-corrected chi connectivity index (χ2v) is 7.74. The van der Waals surface area contributed by atoms with Gasteiger partial charge in [0.15, 0.2) is 5.76 Å². The lowest BCUT2D eigenvalue weighted by Crippen LogP contribution is -2.54. The van der Waals surface area contributed by atoms with E-state index in [1.807, 2.05) is 36.7 Å². The van der Waals surface area contributed by atoms with Gasteiger partial charge in [0.05, 0.1) is 0 Å². The summed E-state index contributed by atoms with van der Waals surface area (Å²) in [6.07, 6.45) is 7.00. The predicted octanol–water partition coefficient (Wildman–Crippen LogP) is 3.35. The number of fused-ring (bicyclic) bond motifs is 4. The maximum absolute atomic E-state index is 12.2. The summed E-state index contributed by atoms with van der Waals surface area (Å²) in [5.74, 6) is 0.665. The SMILES string of the molecule is NC(=O)c1oc2ccccc2c1[C@@H]1C2CCN(CC2)[C@H]1Cc1cccnc1. The average Bonchev–Trinajstić information content (AvgIpc) is 3.09. The summed E-state index contributed by atoms with van der Waals surface area (Å²) in [7, 11) is 0. The lowest BCUT2D eigenvalue weighted by Gasteiger charge is -2.51. The van der Waals surface area contributed by atoms with Gasteiger partial charge in [0.2, 0.25) is 0 Å². The zero-order valence-electron chi connectivity index (χ0n) is 15.2. The minimum Gasteiger partial charge on any atom is -0.451 e. The summed E-state index contributed by atoms with van der Waals surface area (Å²) >= 11 is 0. The average molecular weight is 361 g/mol. The number of piperidine rings is 3. The first-order valence-corrected chi connectivity index (χ1v) is 9.66. The first-order valence-electron chi connectivity index (χ1n) is 9.66. The van der Waals surface area contributed by atoms with Crippen LogP contribution in [0.4, 0.5) is 0 Å². The van der Waals surface area contributed by atoms with Gasteiger partial charge in [-0.1, -0.05) is 24.3 Å². The summed E-state index contributed by atoms with van der Waals surface area (Å²) in [6.45, 7) is 2.24. The molecule has 6 rings (SSSR count). The van der Waals surface area contributed by atoms with Crippen LogP contribution in [0, 0.1) is 5.92 Å². The highest BCUT2D eigenvalue weighted by molar-refractivity contribution is 5.98. The van der Waals surface area contributed by atoms with Crippen molar-refractivity contribution in [3.8, 4) is 0 Å². The molecule has 2 N–H and O–H groups in total. The molecule has 27 heavy (non-hydrogen) atoms. The van der Waals surface area contributed by atoms with E-state index in [-0.39, 0.29) is 5.92 Å². The van der Waals surface area contributed by atoms with Crippen LogP contribution in [0.25, 0.3) is 11.0 Å². The molecule has 3 aliphatic heterocycles. The van der Waals surface area contributed by atoms with Gasteiger partial charge in [-0.25, -0.2) is 0 Å². The topological polar surface area (TPSA) is 72.4 Å². The lowest BCUT2D eigenvalue weighted by atomic mass is 9.68. The highest BCUT2D eigenvalue weighted by atomic mass is 16.3. The Labute approximate surface area is 158 Å². The molecule has 1 amide bonds. The fraction of sp³-hybridized carbons (Fsp3) is 0.364. The molecule has 5 nitrogen and oxygen atoms in total. The van der Waals surface area contributed by atoms with Gasteiger partial charge in [0.25, 0.3) is 5.91 Å². The minimum absolute atomic E-state index is 0.249. The van der Waals surface area contributed by atoms with E-state index < -0.39 is 5.91 Å². The van der Waals surface area contributed by atoms with Gasteiger partial charge in [-0.15, -0.1) is 0 Å². The zero-order chi connectivity index (χ0) is 18.4. The summed E-state index contributed by atoms with van der Waals surface area (Å²) in [4.78, 5) is 19.1. The van der Waals surface area contributed by atoms with Crippen LogP contribution in [-0.2, 0) is 6.42 Å². The van der Waals surface area contributed by atoms with Crippen molar-refractivity contribution >= 4 is 16.9 Å². The van der Waals surface area contributed by atoms with Gasteiger partial charge in [-0.2, -0.15) is 0 Å². The number of benzene rings is 1. The number of furan rings is 1. The van der Waals surface area contributed by atoms with E-state index in [0.717, 1.165) is 48.9 Å². The van der Waals surface area contributed by atoms with Gasteiger partial charge < -0.3 is 10.2 Å². The molecule has 3 fully saturated rings. The Balaban J connectivity index is 1.64. The molecule has 0 unspecified atom stereocenters. The van der Waals surface area contributed by atoms with Crippen molar-refractivity contribution in [3.63, 3.8) is 0 Å². The van der Waals surface area contributed by atoms with E-state index in [4.69, 9.17) is 10.2 Å². The standard InChI is InChI=1S/C22H23N3O2/c23-22(26)21-20(16-5-1-2-6-18(16)27-21)19-15-7-10-25(11-8-15)17(19)12-14-4-3-9-24-13-14/h1-6,9,13,15,17,19H,7-8,10-12H2,(H2,23,26)/t17-,19+/m0/s1. The Morgan fingerprint density at radius 2 is 2.00 bits per heavy atom. The first-order chi connectivity index (χ1) is 13.2. The highest BCUT2D eigenvalue weighted by Gasteiger charge is 2.45.